The van der Waals surface area contributed by atoms with Crippen LogP contribution in [0.3, 0.4) is 0 Å². The lowest BCUT2D eigenvalue weighted by Gasteiger charge is -2.36. The van der Waals surface area contributed by atoms with Crippen LogP contribution in [0.15, 0.2) is 52.2 Å². The lowest BCUT2D eigenvalue weighted by atomic mass is 10.0. The number of aliphatic hydroxyl groups excluding tert-OH is 1. The Morgan fingerprint density at radius 3 is 2.79 bits per heavy atom. The molecule has 148 valence electrons. The molecule has 1 aromatic carbocycles. The number of morpholine rings is 1. The molecule has 1 amide bonds. The molecule has 3 heterocycles. The third-order valence-electron chi connectivity index (χ3n) is 5.24. The molecule has 4 rings (SSSR count). The van der Waals surface area contributed by atoms with Gasteiger partial charge >= 0.3 is 0 Å². The molecular weight excluding hydrogens is 358 g/mol. The first kappa shape index (κ1) is 18.7. The number of aliphatic hydroxyl groups is 1. The fourth-order valence-corrected chi connectivity index (χ4v) is 3.67. The quantitative estimate of drug-likeness (QED) is 0.859. The van der Waals surface area contributed by atoms with Crippen LogP contribution in [0.5, 0.6) is 0 Å². The van der Waals surface area contributed by atoms with E-state index in [1.807, 2.05) is 36.2 Å². The van der Waals surface area contributed by atoms with Crippen molar-refractivity contribution < 1.29 is 19.1 Å². The largest absolute Gasteiger partial charge is 0.467 e. The van der Waals surface area contributed by atoms with Gasteiger partial charge in [0, 0.05) is 37.2 Å². The SMILES string of the molecule is CC1=NN(c2ccc(C(=O)N3CCOC[C@H]3C[C@H](O)c3ccco3)cc2)CC1. The van der Waals surface area contributed by atoms with Crippen molar-refractivity contribution in [2.75, 3.05) is 31.3 Å². The number of furan rings is 1. The Bertz CT molecular complexity index is 832. The van der Waals surface area contributed by atoms with E-state index in [1.165, 1.54) is 6.26 Å². The van der Waals surface area contributed by atoms with Crippen molar-refractivity contribution in [2.45, 2.75) is 31.9 Å². The Balaban J connectivity index is 1.45. The van der Waals surface area contributed by atoms with Gasteiger partial charge in [0.2, 0.25) is 0 Å². The number of hydrogen-bond acceptors (Lipinski definition) is 6. The van der Waals surface area contributed by atoms with Crippen molar-refractivity contribution >= 4 is 17.3 Å². The highest BCUT2D eigenvalue weighted by atomic mass is 16.5. The average Bonchev–Trinajstić information content (AvgIpc) is 3.40. The lowest BCUT2D eigenvalue weighted by Crippen LogP contribution is -2.49. The van der Waals surface area contributed by atoms with Crippen LogP contribution in [0.25, 0.3) is 0 Å². The lowest BCUT2D eigenvalue weighted by molar-refractivity contribution is -0.0195. The van der Waals surface area contributed by atoms with Gasteiger partial charge in [-0.3, -0.25) is 9.80 Å². The monoisotopic (exact) mass is 383 g/mol. The molecule has 1 saturated heterocycles. The van der Waals surface area contributed by atoms with Crippen LogP contribution < -0.4 is 5.01 Å². The molecule has 2 aliphatic heterocycles. The minimum atomic E-state index is -0.768. The summed E-state index contributed by atoms with van der Waals surface area (Å²) in [6.07, 6.45) is 2.11. The number of nitrogens with zero attached hydrogens (tertiary/aromatic N) is 3. The summed E-state index contributed by atoms with van der Waals surface area (Å²) in [5.41, 5.74) is 2.73. The minimum Gasteiger partial charge on any atom is -0.467 e. The normalized spacial score (nSPS) is 20.9. The van der Waals surface area contributed by atoms with Crippen LogP contribution in [0.4, 0.5) is 5.69 Å². The second-order valence-electron chi connectivity index (χ2n) is 7.25. The summed E-state index contributed by atoms with van der Waals surface area (Å²) in [4.78, 5) is 14.9. The standard InChI is InChI=1S/C21H25N3O4/c1-15-8-9-24(22-15)17-6-4-16(5-7-17)21(26)23-10-12-27-14-18(23)13-19(25)20-3-2-11-28-20/h2-7,11,18-19,25H,8-10,12-14H2,1H3/t18-,19+/m1/s1. The first-order chi connectivity index (χ1) is 13.6. The fourth-order valence-electron chi connectivity index (χ4n) is 3.67. The molecule has 0 unspecified atom stereocenters. The molecule has 0 spiro atoms. The van der Waals surface area contributed by atoms with E-state index in [-0.39, 0.29) is 11.9 Å². The van der Waals surface area contributed by atoms with Crippen LogP contribution in [0.2, 0.25) is 0 Å². The number of rotatable bonds is 5. The number of anilines is 1. The van der Waals surface area contributed by atoms with Gasteiger partial charge in [-0.1, -0.05) is 0 Å². The smallest absolute Gasteiger partial charge is 0.254 e. The third kappa shape index (κ3) is 3.95. The topological polar surface area (TPSA) is 78.5 Å². The van der Waals surface area contributed by atoms with E-state index in [9.17, 15) is 9.90 Å². The third-order valence-corrected chi connectivity index (χ3v) is 5.24. The molecule has 2 aromatic rings. The molecule has 2 atom stereocenters. The first-order valence-corrected chi connectivity index (χ1v) is 9.63. The molecule has 7 heteroatoms. The molecule has 1 N–H and O–H groups in total. The molecule has 2 aliphatic rings. The van der Waals surface area contributed by atoms with Crippen LogP contribution in [-0.2, 0) is 4.74 Å². The highest BCUT2D eigenvalue weighted by Crippen LogP contribution is 2.25. The Morgan fingerprint density at radius 1 is 1.29 bits per heavy atom. The van der Waals surface area contributed by atoms with E-state index in [0.717, 1.165) is 24.4 Å². The summed E-state index contributed by atoms with van der Waals surface area (Å²) >= 11 is 0. The number of ether oxygens (including phenoxy) is 1. The minimum absolute atomic E-state index is 0.0485. The molecule has 0 aliphatic carbocycles. The van der Waals surface area contributed by atoms with Gasteiger partial charge in [-0.15, -0.1) is 0 Å². The van der Waals surface area contributed by atoms with E-state index in [1.54, 1.807) is 17.0 Å². The number of amides is 1. The summed E-state index contributed by atoms with van der Waals surface area (Å²) in [6, 6.07) is 10.8. The summed E-state index contributed by atoms with van der Waals surface area (Å²) in [5.74, 6) is 0.455. The van der Waals surface area contributed by atoms with E-state index in [0.29, 0.717) is 37.5 Å². The number of hydrazone groups is 1. The van der Waals surface area contributed by atoms with Crippen LogP contribution in [-0.4, -0.2) is 54.0 Å². The highest BCUT2D eigenvalue weighted by molar-refractivity contribution is 5.95. The summed E-state index contributed by atoms with van der Waals surface area (Å²) in [5, 5.41) is 16.9. The van der Waals surface area contributed by atoms with Crippen molar-refractivity contribution in [3.63, 3.8) is 0 Å². The molecule has 1 aromatic heterocycles. The van der Waals surface area contributed by atoms with Crippen LogP contribution >= 0.6 is 0 Å². The van der Waals surface area contributed by atoms with Crippen molar-refractivity contribution in [1.29, 1.82) is 0 Å². The highest BCUT2D eigenvalue weighted by Gasteiger charge is 2.31. The van der Waals surface area contributed by atoms with Gasteiger partial charge in [0.25, 0.3) is 5.91 Å². The van der Waals surface area contributed by atoms with Crippen molar-refractivity contribution in [3.05, 3.63) is 54.0 Å². The Kier molecular flexibility index (Phi) is 5.45. The summed E-state index contributed by atoms with van der Waals surface area (Å²) in [6.45, 7) is 4.30. The zero-order chi connectivity index (χ0) is 19.5. The van der Waals surface area contributed by atoms with Gasteiger partial charge in [0.1, 0.15) is 11.9 Å². The zero-order valence-corrected chi connectivity index (χ0v) is 16.0. The maximum absolute atomic E-state index is 13.1. The second kappa shape index (κ2) is 8.16. The van der Waals surface area contributed by atoms with Crippen LogP contribution in [0, 0.1) is 0 Å². The maximum atomic E-state index is 13.1. The van der Waals surface area contributed by atoms with Crippen molar-refractivity contribution in [3.8, 4) is 0 Å². The fraction of sp³-hybridized carbons (Fsp3) is 0.429. The maximum Gasteiger partial charge on any atom is 0.254 e. The molecule has 7 nitrogen and oxygen atoms in total. The first-order valence-electron chi connectivity index (χ1n) is 9.63. The van der Waals surface area contributed by atoms with Gasteiger partial charge in [-0.05, 0) is 43.3 Å². The van der Waals surface area contributed by atoms with Crippen molar-refractivity contribution in [2.24, 2.45) is 5.10 Å². The molecule has 0 radical (unpaired) electrons. The predicted octanol–water partition coefficient (Wildman–Crippen LogP) is 2.83. The Hall–Kier alpha value is -2.64. The van der Waals surface area contributed by atoms with E-state index in [4.69, 9.17) is 9.15 Å². The molecule has 0 saturated carbocycles. The number of hydrogen-bond donors (Lipinski definition) is 1. The van der Waals surface area contributed by atoms with Crippen LogP contribution in [0.1, 0.15) is 42.0 Å². The Labute approximate surface area is 164 Å². The van der Waals surface area contributed by atoms with E-state index in [2.05, 4.69) is 5.10 Å². The van der Waals surface area contributed by atoms with Crippen molar-refractivity contribution in [1.82, 2.24) is 4.90 Å². The Morgan fingerprint density at radius 2 is 2.11 bits per heavy atom. The number of carbonyl (C=O) groups excluding carboxylic acids is 1. The van der Waals surface area contributed by atoms with Gasteiger partial charge in [-0.2, -0.15) is 5.10 Å². The average molecular weight is 383 g/mol. The van der Waals surface area contributed by atoms with E-state index < -0.39 is 6.10 Å². The number of benzene rings is 1. The molecular formula is C21H25N3O4. The number of carbonyl (C=O) groups is 1. The second-order valence-corrected chi connectivity index (χ2v) is 7.25. The van der Waals surface area contributed by atoms with Gasteiger partial charge < -0.3 is 19.2 Å². The molecule has 1 fully saturated rings. The van der Waals surface area contributed by atoms with E-state index >= 15 is 0 Å². The molecule has 0 bridgehead atoms. The molecule has 28 heavy (non-hydrogen) atoms. The van der Waals surface area contributed by atoms with Gasteiger partial charge in [-0.25, -0.2) is 0 Å². The zero-order valence-electron chi connectivity index (χ0n) is 16.0. The van der Waals surface area contributed by atoms with Gasteiger partial charge in [0.15, 0.2) is 0 Å². The summed E-state index contributed by atoms with van der Waals surface area (Å²) in [7, 11) is 0. The summed E-state index contributed by atoms with van der Waals surface area (Å²) < 4.78 is 10.8. The van der Waals surface area contributed by atoms with Gasteiger partial charge in [0.05, 0.1) is 31.2 Å². The predicted molar refractivity (Wildman–Crippen MR) is 105 cm³/mol.